The minimum absolute atomic E-state index is 0.0403. The fourth-order valence-electron chi connectivity index (χ4n) is 2.44. The van der Waals surface area contributed by atoms with E-state index in [1.54, 1.807) is 12.1 Å². The van der Waals surface area contributed by atoms with Gasteiger partial charge in [-0.3, -0.25) is 4.79 Å². The highest BCUT2D eigenvalue weighted by Crippen LogP contribution is 2.27. The van der Waals surface area contributed by atoms with Crippen LogP contribution in [-0.2, 0) is 20.9 Å². The van der Waals surface area contributed by atoms with Crippen LogP contribution in [0.1, 0.15) is 31.2 Å². The maximum atomic E-state index is 11.4. The molecule has 0 aromatic heterocycles. The van der Waals surface area contributed by atoms with Crippen molar-refractivity contribution in [1.29, 1.82) is 0 Å². The second kappa shape index (κ2) is 6.57. The third-order valence-electron chi connectivity index (χ3n) is 3.63. The summed E-state index contributed by atoms with van der Waals surface area (Å²) in [7, 11) is 1.44. The minimum atomic E-state index is -0.100. The summed E-state index contributed by atoms with van der Waals surface area (Å²) in [5.74, 6) is 0.206. The first kappa shape index (κ1) is 13.9. The van der Waals surface area contributed by atoms with Gasteiger partial charge in [0.05, 0.1) is 25.7 Å². The predicted octanol–water partition coefficient (Wildman–Crippen LogP) is 2.64. The Kier molecular flexibility index (Phi) is 4.80. The van der Waals surface area contributed by atoms with E-state index < -0.39 is 0 Å². The van der Waals surface area contributed by atoms with Crippen LogP contribution >= 0.6 is 0 Å². The Bertz CT molecular complexity index is 405. The Morgan fingerprint density at radius 3 is 2.42 bits per heavy atom. The lowest BCUT2D eigenvalue weighted by Crippen LogP contribution is -2.26. The molecule has 1 aliphatic rings. The number of phenols is 1. The fraction of sp³-hybridized carbons (Fsp3) is 0.533. The SMILES string of the molecule is COC(=O)C1CCC(OCc2ccc(O)cc2)CC1. The van der Waals surface area contributed by atoms with Crippen molar-refractivity contribution < 1.29 is 19.4 Å². The average Bonchev–Trinajstić information content (AvgIpc) is 2.46. The smallest absolute Gasteiger partial charge is 0.308 e. The largest absolute Gasteiger partial charge is 0.508 e. The second-order valence-corrected chi connectivity index (χ2v) is 4.97. The highest BCUT2D eigenvalue weighted by molar-refractivity contribution is 5.72. The Hall–Kier alpha value is -1.55. The summed E-state index contributed by atoms with van der Waals surface area (Å²) in [6.45, 7) is 0.549. The van der Waals surface area contributed by atoms with Gasteiger partial charge in [-0.2, -0.15) is 0 Å². The number of ether oxygens (including phenoxy) is 2. The fourth-order valence-corrected chi connectivity index (χ4v) is 2.44. The number of hydrogen-bond donors (Lipinski definition) is 1. The van der Waals surface area contributed by atoms with Gasteiger partial charge in [-0.25, -0.2) is 0 Å². The number of carbonyl (C=O) groups is 1. The van der Waals surface area contributed by atoms with Gasteiger partial charge in [0.2, 0.25) is 0 Å². The van der Waals surface area contributed by atoms with E-state index in [9.17, 15) is 9.90 Å². The Labute approximate surface area is 113 Å². The van der Waals surface area contributed by atoms with Gasteiger partial charge < -0.3 is 14.6 Å². The zero-order chi connectivity index (χ0) is 13.7. The van der Waals surface area contributed by atoms with Crippen molar-refractivity contribution in [3.63, 3.8) is 0 Å². The zero-order valence-electron chi connectivity index (χ0n) is 11.2. The molecule has 104 valence electrons. The molecule has 1 fully saturated rings. The first-order valence-corrected chi connectivity index (χ1v) is 6.66. The number of hydrogen-bond acceptors (Lipinski definition) is 4. The molecule has 0 spiro atoms. The molecule has 0 aliphatic heterocycles. The molecule has 1 aromatic rings. The van der Waals surface area contributed by atoms with Crippen molar-refractivity contribution in [3.8, 4) is 5.75 Å². The molecule has 19 heavy (non-hydrogen) atoms. The lowest BCUT2D eigenvalue weighted by atomic mass is 9.87. The lowest BCUT2D eigenvalue weighted by Gasteiger charge is -2.27. The van der Waals surface area contributed by atoms with Crippen molar-refractivity contribution >= 4 is 5.97 Å². The van der Waals surface area contributed by atoms with E-state index in [1.165, 1.54) is 7.11 Å². The third-order valence-corrected chi connectivity index (χ3v) is 3.63. The van der Waals surface area contributed by atoms with E-state index in [0.717, 1.165) is 31.2 Å². The van der Waals surface area contributed by atoms with Crippen LogP contribution in [-0.4, -0.2) is 24.3 Å². The van der Waals surface area contributed by atoms with Crippen LogP contribution in [0.5, 0.6) is 5.75 Å². The number of aromatic hydroxyl groups is 1. The van der Waals surface area contributed by atoms with Crippen molar-refractivity contribution in [3.05, 3.63) is 29.8 Å². The molecule has 0 heterocycles. The summed E-state index contributed by atoms with van der Waals surface area (Å²) in [6.07, 6.45) is 3.70. The van der Waals surface area contributed by atoms with Crippen molar-refractivity contribution in [2.45, 2.75) is 38.4 Å². The molecular weight excluding hydrogens is 244 g/mol. The molecule has 1 saturated carbocycles. The Balaban J connectivity index is 1.74. The van der Waals surface area contributed by atoms with E-state index >= 15 is 0 Å². The molecule has 4 nitrogen and oxygen atoms in total. The lowest BCUT2D eigenvalue weighted by molar-refractivity contribution is -0.147. The first-order chi connectivity index (χ1) is 9.19. The summed E-state index contributed by atoms with van der Waals surface area (Å²) in [6, 6.07) is 7.03. The molecule has 2 rings (SSSR count). The van der Waals surface area contributed by atoms with Crippen LogP contribution in [0.2, 0.25) is 0 Å². The summed E-state index contributed by atoms with van der Waals surface area (Å²) >= 11 is 0. The van der Waals surface area contributed by atoms with E-state index in [-0.39, 0.29) is 23.7 Å². The van der Waals surface area contributed by atoms with Crippen molar-refractivity contribution in [2.24, 2.45) is 5.92 Å². The highest BCUT2D eigenvalue weighted by Gasteiger charge is 2.27. The normalized spacial score (nSPS) is 23.0. The van der Waals surface area contributed by atoms with Crippen LogP contribution in [0.15, 0.2) is 24.3 Å². The van der Waals surface area contributed by atoms with E-state index in [2.05, 4.69) is 0 Å². The highest BCUT2D eigenvalue weighted by atomic mass is 16.5. The number of benzene rings is 1. The summed E-state index contributed by atoms with van der Waals surface area (Å²) in [5, 5.41) is 9.19. The summed E-state index contributed by atoms with van der Waals surface area (Å²) in [4.78, 5) is 11.4. The monoisotopic (exact) mass is 264 g/mol. The van der Waals surface area contributed by atoms with Gasteiger partial charge in [0.15, 0.2) is 0 Å². The summed E-state index contributed by atoms with van der Waals surface area (Å²) < 4.78 is 10.6. The molecule has 0 bridgehead atoms. The molecular formula is C15H20O4. The number of esters is 1. The molecule has 0 radical (unpaired) electrons. The van der Waals surface area contributed by atoms with Crippen LogP contribution in [0.3, 0.4) is 0 Å². The van der Waals surface area contributed by atoms with Gasteiger partial charge in [-0.15, -0.1) is 0 Å². The van der Waals surface area contributed by atoms with Gasteiger partial charge in [-0.05, 0) is 43.4 Å². The predicted molar refractivity (Wildman–Crippen MR) is 70.7 cm³/mol. The zero-order valence-corrected chi connectivity index (χ0v) is 11.2. The molecule has 1 aromatic carbocycles. The molecule has 4 heteroatoms. The molecule has 1 N–H and O–H groups in total. The van der Waals surface area contributed by atoms with Gasteiger partial charge in [0, 0.05) is 0 Å². The van der Waals surface area contributed by atoms with Crippen molar-refractivity contribution in [1.82, 2.24) is 0 Å². The van der Waals surface area contributed by atoms with Crippen LogP contribution < -0.4 is 0 Å². The summed E-state index contributed by atoms with van der Waals surface area (Å²) in [5.41, 5.74) is 1.05. The van der Waals surface area contributed by atoms with Gasteiger partial charge >= 0.3 is 5.97 Å². The van der Waals surface area contributed by atoms with Gasteiger partial charge in [0.1, 0.15) is 5.75 Å². The van der Waals surface area contributed by atoms with Gasteiger partial charge in [-0.1, -0.05) is 12.1 Å². The molecule has 0 atom stereocenters. The number of carbonyl (C=O) groups excluding carboxylic acids is 1. The first-order valence-electron chi connectivity index (χ1n) is 6.66. The van der Waals surface area contributed by atoms with Crippen LogP contribution in [0.25, 0.3) is 0 Å². The molecule has 0 amide bonds. The number of rotatable bonds is 4. The Morgan fingerprint density at radius 1 is 1.21 bits per heavy atom. The number of phenolic OH excluding ortho intramolecular Hbond substituents is 1. The van der Waals surface area contributed by atoms with E-state index in [0.29, 0.717) is 6.61 Å². The number of methoxy groups -OCH3 is 1. The van der Waals surface area contributed by atoms with Crippen LogP contribution in [0.4, 0.5) is 0 Å². The average molecular weight is 264 g/mol. The minimum Gasteiger partial charge on any atom is -0.508 e. The Morgan fingerprint density at radius 2 is 1.84 bits per heavy atom. The standard InChI is InChI=1S/C15H20O4/c1-18-15(17)12-4-8-14(9-5-12)19-10-11-2-6-13(16)7-3-11/h2-3,6-7,12,14,16H,4-5,8-10H2,1H3. The van der Waals surface area contributed by atoms with Crippen molar-refractivity contribution in [2.75, 3.05) is 7.11 Å². The quantitative estimate of drug-likeness (QED) is 0.849. The maximum Gasteiger partial charge on any atom is 0.308 e. The topological polar surface area (TPSA) is 55.8 Å². The van der Waals surface area contributed by atoms with Crippen LogP contribution in [0, 0.1) is 5.92 Å². The molecule has 0 saturated heterocycles. The van der Waals surface area contributed by atoms with Gasteiger partial charge in [0.25, 0.3) is 0 Å². The van der Waals surface area contributed by atoms with E-state index in [1.807, 2.05) is 12.1 Å². The third kappa shape index (κ3) is 3.96. The molecule has 0 unspecified atom stereocenters. The maximum absolute atomic E-state index is 11.4. The second-order valence-electron chi connectivity index (χ2n) is 4.97. The molecule has 1 aliphatic carbocycles. The van der Waals surface area contributed by atoms with E-state index in [4.69, 9.17) is 9.47 Å².